The van der Waals surface area contributed by atoms with Gasteiger partial charge in [-0.05, 0) is 19.3 Å². The molecule has 144 valence electrons. The molecule has 6 nitrogen and oxygen atoms in total. The minimum Gasteiger partial charge on any atom is -0.496 e. The molecule has 1 aliphatic carbocycles. The van der Waals surface area contributed by atoms with Gasteiger partial charge in [0.2, 0.25) is 17.2 Å². The number of Topliss-reactive ketones (excluding diaryl/α,β-unsaturated/α-hetero) is 1. The van der Waals surface area contributed by atoms with Crippen molar-refractivity contribution in [2.24, 2.45) is 5.92 Å². The van der Waals surface area contributed by atoms with E-state index in [1.807, 2.05) is 6.92 Å². The molecule has 0 bridgehead atoms. The maximum atomic E-state index is 13.4. The van der Waals surface area contributed by atoms with Gasteiger partial charge in [0.05, 0.1) is 14.2 Å². The van der Waals surface area contributed by atoms with Crippen LogP contribution in [0.2, 0.25) is 5.02 Å². The van der Waals surface area contributed by atoms with E-state index >= 15 is 0 Å². The first-order valence-electron chi connectivity index (χ1n) is 9.12. The number of hydrogen-bond acceptors (Lipinski definition) is 6. The topological polar surface area (TPSA) is 65.1 Å². The van der Waals surface area contributed by atoms with Crippen molar-refractivity contribution < 1.29 is 23.8 Å². The van der Waals surface area contributed by atoms with Crippen LogP contribution in [0, 0.1) is 5.92 Å². The Morgan fingerprint density at radius 1 is 1.19 bits per heavy atom. The minimum atomic E-state index is -1.59. The van der Waals surface area contributed by atoms with E-state index < -0.39 is 11.4 Å². The highest BCUT2D eigenvalue weighted by molar-refractivity contribution is 6.36. The molecule has 4 rings (SSSR count). The van der Waals surface area contributed by atoms with E-state index in [0.29, 0.717) is 17.9 Å². The molecule has 1 aromatic carbocycles. The number of rotatable bonds is 3. The van der Waals surface area contributed by atoms with Crippen LogP contribution in [-0.2, 0) is 4.79 Å². The van der Waals surface area contributed by atoms with E-state index in [1.165, 1.54) is 14.2 Å². The van der Waals surface area contributed by atoms with E-state index in [0.717, 1.165) is 31.6 Å². The molecule has 0 amide bonds. The Bertz CT molecular complexity index is 858. The van der Waals surface area contributed by atoms with Crippen LogP contribution in [0.4, 0.5) is 0 Å². The molecule has 0 saturated carbocycles. The molecular formula is C20H22ClNO5. The Hall–Kier alpha value is -2.21. The zero-order valence-corrected chi connectivity index (χ0v) is 16.4. The number of fused-ring (bicyclic) bond motifs is 1. The predicted molar refractivity (Wildman–Crippen MR) is 99.9 cm³/mol. The molecule has 2 heterocycles. The number of likely N-dealkylation sites (tertiary alicyclic amines) is 1. The summed E-state index contributed by atoms with van der Waals surface area (Å²) < 4.78 is 16.7. The first kappa shape index (κ1) is 18.2. The van der Waals surface area contributed by atoms with E-state index in [4.69, 9.17) is 25.8 Å². The van der Waals surface area contributed by atoms with Gasteiger partial charge in [0, 0.05) is 36.8 Å². The fourth-order valence-electron chi connectivity index (χ4n) is 4.33. The Balaban J connectivity index is 1.79. The second-order valence-corrected chi connectivity index (χ2v) is 7.64. The van der Waals surface area contributed by atoms with Crippen molar-refractivity contribution in [2.45, 2.75) is 31.8 Å². The number of hydrogen-bond donors (Lipinski definition) is 0. The highest BCUT2D eigenvalue weighted by atomic mass is 35.5. The largest absolute Gasteiger partial charge is 0.496 e. The molecule has 27 heavy (non-hydrogen) atoms. The maximum Gasteiger partial charge on any atom is 0.236 e. The third kappa shape index (κ3) is 2.46. The van der Waals surface area contributed by atoms with Gasteiger partial charge < -0.3 is 19.1 Å². The lowest BCUT2D eigenvalue weighted by atomic mass is 9.74. The van der Waals surface area contributed by atoms with Gasteiger partial charge >= 0.3 is 0 Å². The van der Waals surface area contributed by atoms with E-state index in [2.05, 4.69) is 4.90 Å². The summed E-state index contributed by atoms with van der Waals surface area (Å²) >= 11 is 6.39. The molecule has 0 aromatic heterocycles. The summed E-state index contributed by atoms with van der Waals surface area (Å²) in [5.41, 5.74) is -0.394. The van der Waals surface area contributed by atoms with Crippen LogP contribution in [0.15, 0.2) is 17.8 Å². The zero-order chi connectivity index (χ0) is 19.3. The van der Waals surface area contributed by atoms with Crippen molar-refractivity contribution in [3.8, 4) is 17.2 Å². The van der Waals surface area contributed by atoms with Gasteiger partial charge in [-0.3, -0.25) is 9.59 Å². The number of halogens is 1. The van der Waals surface area contributed by atoms with Crippen molar-refractivity contribution >= 4 is 23.2 Å². The Morgan fingerprint density at radius 3 is 2.44 bits per heavy atom. The van der Waals surface area contributed by atoms with Crippen molar-refractivity contribution in [1.29, 1.82) is 0 Å². The van der Waals surface area contributed by atoms with Crippen LogP contribution in [0.1, 0.15) is 36.5 Å². The Labute approximate surface area is 163 Å². The van der Waals surface area contributed by atoms with E-state index in [-0.39, 0.29) is 28.0 Å². The number of benzene rings is 1. The number of allylic oxidation sites excluding steroid dienone is 1. The predicted octanol–water partition coefficient (Wildman–Crippen LogP) is 3.26. The lowest BCUT2D eigenvalue weighted by Crippen LogP contribution is -2.55. The number of ketones is 2. The van der Waals surface area contributed by atoms with Gasteiger partial charge in [-0.15, -0.1) is 0 Å². The van der Waals surface area contributed by atoms with Crippen LogP contribution in [-0.4, -0.2) is 49.4 Å². The SMILES string of the molecule is COc1cc(OC)c2c(c1Cl)OC1(C(=O)C=C(N3CCCC3)CC1C)C2=O. The van der Waals surface area contributed by atoms with Crippen molar-refractivity contribution in [2.75, 3.05) is 27.3 Å². The molecule has 1 aromatic rings. The second kappa shape index (κ2) is 6.44. The Kier molecular flexibility index (Phi) is 4.34. The number of carbonyl (C=O) groups excluding carboxylic acids is 2. The smallest absolute Gasteiger partial charge is 0.236 e. The molecule has 2 atom stereocenters. The Morgan fingerprint density at radius 2 is 1.85 bits per heavy atom. The van der Waals surface area contributed by atoms with Gasteiger partial charge in [-0.25, -0.2) is 0 Å². The molecule has 1 spiro atoms. The number of nitrogens with zero attached hydrogens (tertiary/aromatic N) is 1. The number of methoxy groups -OCH3 is 2. The summed E-state index contributed by atoms with van der Waals surface area (Å²) in [5.74, 6) is -0.258. The molecule has 7 heteroatoms. The molecule has 1 saturated heterocycles. The zero-order valence-electron chi connectivity index (χ0n) is 15.6. The molecule has 2 aliphatic heterocycles. The second-order valence-electron chi connectivity index (χ2n) is 7.27. The lowest BCUT2D eigenvalue weighted by molar-refractivity contribution is -0.129. The van der Waals surface area contributed by atoms with Gasteiger partial charge in [0.25, 0.3) is 0 Å². The molecule has 0 N–H and O–H groups in total. The van der Waals surface area contributed by atoms with Crippen molar-refractivity contribution in [3.05, 3.63) is 28.4 Å². The lowest BCUT2D eigenvalue weighted by Gasteiger charge is -2.37. The first-order valence-corrected chi connectivity index (χ1v) is 9.50. The van der Waals surface area contributed by atoms with E-state index in [1.54, 1.807) is 12.1 Å². The monoisotopic (exact) mass is 391 g/mol. The molecule has 1 fully saturated rings. The third-order valence-corrected chi connectivity index (χ3v) is 6.16. The molecule has 0 radical (unpaired) electrons. The van der Waals surface area contributed by atoms with Gasteiger partial charge in [-0.2, -0.15) is 0 Å². The van der Waals surface area contributed by atoms with Crippen molar-refractivity contribution in [3.63, 3.8) is 0 Å². The number of carbonyl (C=O) groups is 2. The fourth-order valence-corrected chi connectivity index (χ4v) is 4.60. The van der Waals surface area contributed by atoms with Gasteiger partial charge in [-0.1, -0.05) is 18.5 Å². The summed E-state index contributed by atoms with van der Waals surface area (Å²) in [7, 11) is 2.93. The third-order valence-electron chi connectivity index (χ3n) is 5.80. The molecular weight excluding hydrogens is 370 g/mol. The van der Waals surface area contributed by atoms with Crippen LogP contribution < -0.4 is 14.2 Å². The van der Waals surface area contributed by atoms with Crippen LogP contribution >= 0.6 is 11.6 Å². The van der Waals surface area contributed by atoms with Crippen LogP contribution in [0.3, 0.4) is 0 Å². The summed E-state index contributed by atoms with van der Waals surface area (Å²) in [5, 5.41) is 0.174. The average Bonchev–Trinajstić information content (AvgIpc) is 3.28. The quantitative estimate of drug-likeness (QED) is 0.737. The highest BCUT2D eigenvalue weighted by Crippen LogP contribution is 2.53. The summed E-state index contributed by atoms with van der Waals surface area (Å²) in [6.45, 7) is 3.78. The van der Waals surface area contributed by atoms with Crippen LogP contribution in [0.5, 0.6) is 17.2 Å². The molecule has 3 aliphatic rings. The van der Waals surface area contributed by atoms with Gasteiger partial charge in [0.1, 0.15) is 22.1 Å². The minimum absolute atomic E-state index is 0.163. The van der Waals surface area contributed by atoms with E-state index in [9.17, 15) is 9.59 Å². The van der Waals surface area contributed by atoms with Gasteiger partial charge in [0.15, 0.2) is 5.75 Å². The first-order chi connectivity index (χ1) is 12.9. The fraction of sp³-hybridized carbons (Fsp3) is 0.500. The average molecular weight is 392 g/mol. The number of ether oxygens (including phenoxy) is 3. The standard InChI is InChI=1S/C20H22ClNO5/c1-11-8-12(22-6-4-5-7-22)9-15(23)20(11)19(24)16-13(25-2)10-14(26-3)17(21)18(16)27-20/h9-11H,4-8H2,1-3H3. The summed E-state index contributed by atoms with van der Waals surface area (Å²) in [6.07, 6.45) is 4.42. The summed E-state index contributed by atoms with van der Waals surface area (Å²) in [4.78, 5) is 28.8. The highest BCUT2D eigenvalue weighted by Gasteiger charge is 2.60. The summed E-state index contributed by atoms with van der Waals surface area (Å²) in [6, 6.07) is 1.55. The van der Waals surface area contributed by atoms with Crippen LogP contribution in [0.25, 0.3) is 0 Å². The maximum absolute atomic E-state index is 13.4. The normalized spacial score (nSPS) is 26.9. The molecule has 2 unspecified atom stereocenters. The van der Waals surface area contributed by atoms with Crippen molar-refractivity contribution in [1.82, 2.24) is 4.90 Å².